The van der Waals surface area contributed by atoms with Gasteiger partial charge in [-0.1, -0.05) is 104 Å². The zero-order valence-corrected chi connectivity index (χ0v) is 18.1. The van der Waals surface area contributed by atoms with Gasteiger partial charge in [-0.15, -0.1) is 0 Å². The third-order valence-electron chi connectivity index (χ3n) is 6.11. The van der Waals surface area contributed by atoms with E-state index in [-0.39, 0.29) is 0 Å². The van der Waals surface area contributed by atoms with E-state index in [1.54, 1.807) is 0 Å². The van der Waals surface area contributed by atoms with Crippen LogP contribution in [0.3, 0.4) is 0 Å². The SMILES string of the molecule is CC(c1ccccc1)c1ccc2c(c1)Nc1c(cccc1C(C)c1ccccc1)S2. The van der Waals surface area contributed by atoms with Gasteiger partial charge in [0.05, 0.1) is 11.4 Å². The summed E-state index contributed by atoms with van der Waals surface area (Å²) in [5.74, 6) is 0.699. The summed E-state index contributed by atoms with van der Waals surface area (Å²) in [4.78, 5) is 2.59. The molecule has 0 fully saturated rings. The van der Waals surface area contributed by atoms with Gasteiger partial charge < -0.3 is 5.32 Å². The Bertz CT molecular complexity index is 1170. The molecule has 0 spiro atoms. The number of benzene rings is 4. The summed E-state index contributed by atoms with van der Waals surface area (Å²) in [6, 6.07) is 35.0. The van der Waals surface area contributed by atoms with Gasteiger partial charge in [0.2, 0.25) is 0 Å². The minimum absolute atomic E-state index is 0.335. The van der Waals surface area contributed by atoms with Crippen LogP contribution >= 0.6 is 11.8 Å². The Morgan fingerprint density at radius 2 is 1.27 bits per heavy atom. The lowest BCUT2D eigenvalue weighted by Crippen LogP contribution is -2.07. The molecule has 5 rings (SSSR count). The number of hydrogen-bond donors (Lipinski definition) is 1. The quantitative estimate of drug-likeness (QED) is 0.322. The maximum absolute atomic E-state index is 3.79. The summed E-state index contributed by atoms with van der Waals surface area (Å²) in [5, 5.41) is 3.79. The molecule has 2 unspecified atom stereocenters. The zero-order valence-electron chi connectivity index (χ0n) is 17.3. The van der Waals surface area contributed by atoms with Crippen molar-refractivity contribution in [2.24, 2.45) is 0 Å². The minimum atomic E-state index is 0.335. The van der Waals surface area contributed by atoms with Crippen LogP contribution in [0.15, 0.2) is 107 Å². The van der Waals surface area contributed by atoms with Crippen LogP contribution in [-0.2, 0) is 0 Å². The smallest absolute Gasteiger partial charge is 0.0565 e. The molecule has 0 saturated carbocycles. The minimum Gasteiger partial charge on any atom is -0.353 e. The third-order valence-corrected chi connectivity index (χ3v) is 7.24. The van der Waals surface area contributed by atoms with Crippen LogP contribution in [0.25, 0.3) is 0 Å². The molecule has 1 aliphatic rings. The van der Waals surface area contributed by atoms with Crippen LogP contribution in [0.2, 0.25) is 0 Å². The van der Waals surface area contributed by atoms with Crippen LogP contribution in [0.1, 0.15) is 47.9 Å². The van der Waals surface area contributed by atoms with E-state index < -0.39 is 0 Å². The van der Waals surface area contributed by atoms with E-state index in [0.29, 0.717) is 11.8 Å². The Balaban J connectivity index is 1.50. The largest absolute Gasteiger partial charge is 0.353 e. The highest BCUT2D eigenvalue weighted by molar-refractivity contribution is 7.99. The summed E-state index contributed by atoms with van der Waals surface area (Å²) >= 11 is 1.86. The molecular weight excluding hydrogens is 382 g/mol. The average molecular weight is 408 g/mol. The van der Waals surface area contributed by atoms with Gasteiger partial charge in [0.25, 0.3) is 0 Å². The lowest BCUT2D eigenvalue weighted by molar-refractivity contribution is 0.914. The number of para-hydroxylation sites is 1. The van der Waals surface area contributed by atoms with Crippen molar-refractivity contribution >= 4 is 23.1 Å². The number of rotatable bonds is 4. The third kappa shape index (κ3) is 3.53. The summed E-state index contributed by atoms with van der Waals surface area (Å²) in [6.07, 6.45) is 0. The molecule has 0 aliphatic carbocycles. The summed E-state index contributed by atoms with van der Waals surface area (Å²) in [6.45, 7) is 4.57. The second kappa shape index (κ2) is 8.04. The van der Waals surface area contributed by atoms with Gasteiger partial charge in [-0.2, -0.15) is 0 Å². The van der Waals surface area contributed by atoms with Crippen molar-refractivity contribution in [3.63, 3.8) is 0 Å². The van der Waals surface area contributed by atoms with Gasteiger partial charge >= 0.3 is 0 Å². The number of anilines is 2. The van der Waals surface area contributed by atoms with Crippen LogP contribution in [0.5, 0.6) is 0 Å². The van der Waals surface area contributed by atoms with Crippen LogP contribution < -0.4 is 5.32 Å². The Morgan fingerprint density at radius 1 is 0.600 bits per heavy atom. The molecule has 1 nitrogen and oxygen atoms in total. The van der Waals surface area contributed by atoms with Gasteiger partial charge in [-0.3, -0.25) is 0 Å². The predicted molar refractivity (Wildman–Crippen MR) is 128 cm³/mol. The van der Waals surface area contributed by atoms with Crippen LogP contribution in [0, 0.1) is 0 Å². The highest BCUT2D eigenvalue weighted by Crippen LogP contribution is 2.48. The summed E-state index contributed by atoms with van der Waals surface area (Å²) in [7, 11) is 0. The Labute approximate surface area is 183 Å². The van der Waals surface area contributed by atoms with Gasteiger partial charge in [0.1, 0.15) is 0 Å². The van der Waals surface area contributed by atoms with Crippen LogP contribution in [0.4, 0.5) is 11.4 Å². The fourth-order valence-corrected chi connectivity index (χ4v) is 5.25. The lowest BCUT2D eigenvalue weighted by Gasteiger charge is -2.27. The first-order valence-corrected chi connectivity index (χ1v) is 11.3. The van der Waals surface area contributed by atoms with Crippen molar-refractivity contribution in [2.75, 3.05) is 5.32 Å². The van der Waals surface area contributed by atoms with Crippen molar-refractivity contribution < 1.29 is 0 Å². The summed E-state index contributed by atoms with van der Waals surface area (Å²) in [5.41, 5.74) is 7.83. The molecule has 4 aromatic rings. The lowest BCUT2D eigenvalue weighted by atomic mass is 9.91. The van der Waals surface area contributed by atoms with E-state index in [0.717, 1.165) is 0 Å². The van der Waals surface area contributed by atoms with Crippen molar-refractivity contribution in [1.82, 2.24) is 0 Å². The van der Waals surface area contributed by atoms with E-state index in [4.69, 9.17) is 0 Å². The van der Waals surface area contributed by atoms with Crippen molar-refractivity contribution in [3.05, 3.63) is 119 Å². The maximum Gasteiger partial charge on any atom is 0.0565 e. The molecule has 1 heterocycles. The Hall–Kier alpha value is -2.97. The van der Waals surface area contributed by atoms with E-state index >= 15 is 0 Å². The fraction of sp³-hybridized carbons (Fsp3) is 0.143. The highest BCUT2D eigenvalue weighted by Gasteiger charge is 2.22. The van der Waals surface area contributed by atoms with Gasteiger partial charge in [-0.05, 0) is 40.5 Å². The zero-order chi connectivity index (χ0) is 20.5. The molecule has 0 saturated heterocycles. The van der Waals surface area contributed by atoms with Gasteiger partial charge in [-0.25, -0.2) is 0 Å². The molecule has 2 heteroatoms. The number of nitrogens with one attached hydrogen (secondary N) is 1. The first kappa shape index (κ1) is 19.0. The van der Waals surface area contributed by atoms with Gasteiger partial charge in [0.15, 0.2) is 0 Å². The second-order valence-electron chi connectivity index (χ2n) is 7.97. The molecule has 0 bridgehead atoms. The van der Waals surface area contributed by atoms with E-state index in [1.165, 1.54) is 43.4 Å². The Kier molecular flexibility index (Phi) is 5.10. The molecule has 148 valence electrons. The summed E-state index contributed by atoms with van der Waals surface area (Å²) < 4.78 is 0. The molecular formula is C28H25NS. The average Bonchev–Trinajstić information content (AvgIpc) is 2.82. The predicted octanol–water partition coefficient (Wildman–Crippen LogP) is 8.20. The first-order chi connectivity index (χ1) is 14.7. The van der Waals surface area contributed by atoms with Crippen molar-refractivity contribution in [1.29, 1.82) is 0 Å². The molecule has 0 aromatic heterocycles. The molecule has 30 heavy (non-hydrogen) atoms. The maximum atomic E-state index is 3.79. The van der Waals surface area contributed by atoms with E-state index in [1.807, 2.05) is 11.8 Å². The van der Waals surface area contributed by atoms with Crippen molar-refractivity contribution in [3.8, 4) is 0 Å². The molecule has 1 aliphatic heterocycles. The Morgan fingerprint density at radius 3 is 1.97 bits per heavy atom. The molecule has 2 atom stereocenters. The van der Waals surface area contributed by atoms with Crippen LogP contribution in [-0.4, -0.2) is 0 Å². The molecule has 1 N–H and O–H groups in total. The fourth-order valence-electron chi connectivity index (χ4n) is 4.24. The topological polar surface area (TPSA) is 12.0 Å². The van der Waals surface area contributed by atoms with E-state index in [2.05, 4.69) is 116 Å². The molecule has 4 aromatic carbocycles. The number of hydrogen-bond acceptors (Lipinski definition) is 2. The molecule has 0 amide bonds. The normalized spacial score (nSPS) is 14.2. The van der Waals surface area contributed by atoms with E-state index in [9.17, 15) is 0 Å². The standard InChI is InChI=1S/C28H25NS/c1-19(21-10-5-3-6-11-21)23-16-17-26-25(18-23)29-28-24(14-9-15-27(28)30-26)20(2)22-12-7-4-8-13-22/h3-20,29H,1-2H3. The second-order valence-corrected chi connectivity index (χ2v) is 9.05. The highest BCUT2D eigenvalue weighted by atomic mass is 32.2. The molecule has 0 radical (unpaired) electrons. The monoisotopic (exact) mass is 407 g/mol. The number of fused-ring (bicyclic) bond motifs is 2. The van der Waals surface area contributed by atoms with Gasteiger partial charge in [0, 0.05) is 21.6 Å². The van der Waals surface area contributed by atoms with Crippen molar-refractivity contribution in [2.45, 2.75) is 35.5 Å². The first-order valence-electron chi connectivity index (χ1n) is 10.5.